The predicted molar refractivity (Wildman–Crippen MR) is 74.2 cm³/mol. The molecule has 1 aliphatic carbocycles. The summed E-state index contributed by atoms with van der Waals surface area (Å²) in [6.07, 6.45) is 7.71. The molecule has 0 saturated heterocycles. The molecule has 0 radical (unpaired) electrons. The third-order valence-corrected chi connectivity index (χ3v) is 4.09. The quantitative estimate of drug-likeness (QED) is 0.771. The zero-order chi connectivity index (χ0) is 12.3. The molecule has 1 nitrogen and oxygen atoms in total. The maximum atomic E-state index is 6.15. The maximum absolute atomic E-state index is 6.15. The van der Waals surface area contributed by atoms with Crippen molar-refractivity contribution in [3.05, 3.63) is 34.9 Å². The lowest BCUT2D eigenvalue weighted by molar-refractivity contribution is 0.430. The van der Waals surface area contributed by atoms with Crippen molar-refractivity contribution in [3.63, 3.8) is 0 Å². The Balaban J connectivity index is 2.06. The summed E-state index contributed by atoms with van der Waals surface area (Å²) in [4.78, 5) is 0. The fourth-order valence-corrected chi connectivity index (χ4v) is 3.02. The lowest BCUT2D eigenvalue weighted by atomic mass is 9.89. The Labute approximate surface area is 105 Å². The highest BCUT2D eigenvalue weighted by Crippen LogP contribution is 2.27. The van der Waals surface area contributed by atoms with Gasteiger partial charge >= 0.3 is 0 Å². The van der Waals surface area contributed by atoms with E-state index in [1.165, 1.54) is 55.2 Å². The van der Waals surface area contributed by atoms with Crippen molar-refractivity contribution >= 4 is 0 Å². The Morgan fingerprint density at radius 2 is 1.94 bits per heavy atom. The largest absolute Gasteiger partial charge is 0.328 e. The third-order valence-electron chi connectivity index (χ3n) is 4.09. The molecule has 2 unspecified atom stereocenters. The molecule has 1 saturated carbocycles. The summed E-state index contributed by atoms with van der Waals surface area (Å²) in [6, 6.07) is 7.25. The summed E-state index contributed by atoms with van der Waals surface area (Å²) in [7, 11) is 0. The number of rotatable bonds is 2. The summed E-state index contributed by atoms with van der Waals surface area (Å²) < 4.78 is 0. The number of hydrogen-bond acceptors (Lipinski definition) is 1. The van der Waals surface area contributed by atoms with Crippen LogP contribution in [0.1, 0.15) is 48.8 Å². The van der Waals surface area contributed by atoms with Crippen LogP contribution in [0.25, 0.3) is 0 Å². The first-order chi connectivity index (χ1) is 8.15. The topological polar surface area (TPSA) is 26.0 Å². The molecule has 1 fully saturated rings. The number of benzene rings is 1. The molecule has 1 aromatic carbocycles. The van der Waals surface area contributed by atoms with E-state index in [4.69, 9.17) is 5.73 Å². The van der Waals surface area contributed by atoms with Gasteiger partial charge in [0.1, 0.15) is 0 Å². The Morgan fingerprint density at radius 1 is 1.18 bits per heavy atom. The minimum Gasteiger partial charge on any atom is -0.328 e. The molecule has 2 atom stereocenters. The van der Waals surface area contributed by atoms with E-state index in [1.54, 1.807) is 0 Å². The zero-order valence-electron chi connectivity index (χ0n) is 11.2. The van der Waals surface area contributed by atoms with Gasteiger partial charge in [0.05, 0.1) is 0 Å². The van der Waals surface area contributed by atoms with Crippen LogP contribution in [0.4, 0.5) is 0 Å². The first-order valence-electron chi connectivity index (χ1n) is 6.97. The lowest BCUT2D eigenvalue weighted by Gasteiger charge is -2.18. The molecule has 1 aliphatic rings. The van der Waals surface area contributed by atoms with Crippen molar-refractivity contribution in [2.45, 2.75) is 58.4 Å². The van der Waals surface area contributed by atoms with Crippen LogP contribution in [0, 0.1) is 19.8 Å². The van der Waals surface area contributed by atoms with Gasteiger partial charge in [0.2, 0.25) is 0 Å². The molecule has 0 spiro atoms. The average Bonchev–Trinajstić information content (AvgIpc) is 2.48. The van der Waals surface area contributed by atoms with Crippen LogP contribution >= 0.6 is 0 Å². The summed E-state index contributed by atoms with van der Waals surface area (Å²) in [5, 5.41) is 0. The normalized spacial score (nSPS) is 25.6. The summed E-state index contributed by atoms with van der Waals surface area (Å²) in [5.41, 5.74) is 10.5. The molecule has 0 bridgehead atoms. The average molecular weight is 231 g/mol. The summed E-state index contributed by atoms with van der Waals surface area (Å²) in [5.74, 6) is 0.799. The van der Waals surface area contributed by atoms with Crippen molar-refractivity contribution in [2.24, 2.45) is 11.7 Å². The first kappa shape index (κ1) is 12.6. The monoisotopic (exact) mass is 231 g/mol. The third kappa shape index (κ3) is 3.57. The maximum Gasteiger partial charge on any atom is 0.00415 e. The van der Waals surface area contributed by atoms with Crippen LogP contribution < -0.4 is 5.73 Å². The molecule has 1 aromatic rings. The van der Waals surface area contributed by atoms with E-state index in [1.807, 2.05) is 0 Å². The highest BCUT2D eigenvalue weighted by molar-refractivity contribution is 5.30. The molecule has 17 heavy (non-hydrogen) atoms. The van der Waals surface area contributed by atoms with Gasteiger partial charge in [-0.2, -0.15) is 0 Å². The molecule has 0 amide bonds. The van der Waals surface area contributed by atoms with E-state index in [0.717, 1.165) is 5.92 Å². The van der Waals surface area contributed by atoms with Gasteiger partial charge in [-0.3, -0.25) is 0 Å². The standard InChI is InChI=1S/C16H25N/c1-12-7-8-13(2)15(9-12)10-14-5-3-4-6-16(17)11-14/h7-9,14,16H,3-6,10-11,17H2,1-2H3. The van der Waals surface area contributed by atoms with Gasteiger partial charge in [0.25, 0.3) is 0 Å². The highest BCUT2D eigenvalue weighted by atomic mass is 14.6. The molecular formula is C16H25N. The van der Waals surface area contributed by atoms with Crippen LogP contribution in [-0.2, 0) is 6.42 Å². The van der Waals surface area contributed by atoms with Gasteiger partial charge in [0.15, 0.2) is 0 Å². The van der Waals surface area contributed by atoms with Crippen LogP contribution in [0.2, 0.25) is 0 Å². The van der Waals surface area contributed by atoms with Crippen molar-refractivity contribution < 1.29 is 0 Å². The van der Waals surface area contributed by atoms with Gasteiger partial charge in [-0.05, 0) is 50.2 Å². The van der Waals surface area contributed by atoms with E-state index in [2.05, 4.69) is 32.0 Å². The van der Waals surface area contributed by atoms with Crippen LogP contribution in [-0.4, -0.2) is 6.04 Å². The number of nitrogens with two attached hydrogens (primary N) is 1. The molecular weight excluding hydrogens is 206 g/mol. The molecule has 0 aliphatic heterocycles. The molecule has 0 heterocycles. The Hall–Kier alpha value is -0.820. The second kappa shape index (κ2) is 5.68. The molecule has 2 rings (SSSR count). The fraction of sp³-hybridized carbons (Fsp3) is 0.625. The number of hydrogen-bond donors (Lipinski definition) is 1. The van der Waals surface area contributed by atoms with Crippen molar-refractivity contribution in [3.8, 4) is 0 Å². The van der Waals surface area contributed by atoms with Crippen molar-refractivity contribution in [2.75, 3.05) is 0 Å². The molecule has 0 aromatic heterocycles. The van der Waals surface area contributed by atoms with E-state index in [9.17, 15) is 0 Å². The predicted octanol–water partition coefficient (Wildman–Crippen LogP) is 3.75. The molecule has 2 N–H and O–H groups in total. The molecule has 1 heteroatoms. The van der Waals surface area contributed by atoms with Gasteiger partial charge in [-0.15, -0.1) is 0 Å². The minimum atomic E-state index is 0.438. The zero-order valence-corrected chi connectivity index (χ0v) is 11.2. The molecule has 94 valence electrons. The SMILES string of the molecule is Cc1ccc(C)c(CC2CCCCC(N)C2)c1. The van der Waals surface area contributed by atoms with Crippen LogP contribution in [0.3, 0.4) is 0 Å². The van der Waals surface area contributed by atoms with E-state index >= 15 is 0 Å². The Bertz CT molecular complexity index is 370. The highest BCUT2D eigenvalue weighted by Gasteiger charge is 2.18. The van der Waals surface area contributed by atoms with Gasteiger partial charge in [-0.1, -0.05) is 43.0 Å². The van der Waals surface area contributed by atoms with Crippen molar-refractivity contribution in [1.82, 2.24) is 0 Å². The smallest absolute Gasteiger partial charge is 0.00415 e. The van der Waals surface area contributed by atoms with Crippen molar-refractivity contribution in [1.29, 1.82) is 0 Å². The number of aryl methyl sites for hydroxylation is 2. The van der Waals surface area contributed by atoms with E-state index < -0.39 is 0 Å². The first-order valence-corrected chi connectivity index (χ1v) is 6.97. The second-order valence-corrected chi connectivity index (χ2v) is 5.78. The Morgan fingerprint density at radius 3 is 2.76 bits per heavy atom. The van der Waals surface area contributed by atoms with E-state index in [-0.39, 0.29) is 0 Å². The van der Waals surface area contributed by atoms with Crippen LogP contribution in [0.15, 0.2) is 18.2 Å². The fourth-order valence-electron chi connectivity index (χ4n) is 3.02. The van der Waals surface area contributed by atoms with E-state index in [0.29, 0.717) is 6.04 Å². The van der Waals surface area contributed by atoms with Gasteiger partial charge < -0.3 is 5.73 Å². The summed E-state index contributed by atoms with van der Waals surface area (Å²) >= 11 is 0. The van der Waals surface area contributed by atoms with Crippen LogP contribution in [0.5, 0.6) is 0 Å². The lowest BCUT2D eigenvalue weighted by Crippen LogP contribution is -2.22. The second-order valence-electron chi connectivity index (χ2n) is 5.78. The van der Waals surface area contributed by atoms with Gasteiger partial charge in [0, 0.05) is 6.04 Å². The summed E-state index contributed by atoms with van der Waals surface area (Å²) in [6.45, 7) is 4.41. The van der Waals surface area contributed by atoms with Gasteiger partial charge in [-0.25, -0.2) is 0 Å². The minimum absolute atomic E-state index is 0.438. The Kier molecular flexibility index (Phi) is 4.22.